The van der Waals surface area contributed by atoms with Gasteiger partial charge in [-0.2, -0.15) is 0 Å². The van der Waals surface area contributed by atoms with Crippen molar-refractivity contribution in [1.82, 2.24) is 15.3 Å². The summed E-state index contributed by atoms with van der Waals surface area (Å²) < 4.78 is 0. The number of nitrogens with one attached hydrogen (secondary N) is 4. The molecule has 7 nitrogen and oxygen atoms in total. The third kappa shape index (κ3) is 6.11. The minimum Gasteiger partial charge on any atom is -0.370 e. The maximum absolute atomic E-state index is 11.9. The van der Waals surface area contributed by atoms with Gasteiger partial charge in [0.15, 0.2) is 0 Å². The van der Waals surface area contributed by atoms with Gasteiger partial charge in [-0.15, -0.1) is 0 Å². The van der Waals surface area contributed by atoms with E-state index in [1.54, 1.807) is 6.07 Å². The molecule has 8 heteroatoms. The summed E-state index contributed by atoms with van der Waals surface area (Å²) in [7, 11) is 0. The van der Waals surface area contributed by atoms with Crippen LogP contribution < -0.4 is 21.3 Å². The van der Waals surface area contributed by atoms with Gasteiger partial charge in [0.25, 0.3) is 0 Å². The van der Waals surface area contributed by atoms with E-state index in [4.69, 9.17) is 11.6 Å². The Morgan fingerprint density at radius 1 is 1.08 bits per heavy atom. The van der Waals surface area contributed by atoms with E-state index in [-0.39, 0.29) is 6.03 Å². The van der Waals surface area contributed by atoms with Crippen molar-refractivity contribution < 1.29 is 4.79 Å². The standard InChI is InChI=1S/C17H23ClN6O/c1-4-19-15-10-16(23-12(3)22-15)20-7-8-21-17(25)24-13-6-5-11(2)14(18)9-13/h5-6,9-10H,4,7-8H2,1-3H3,(H2,21,24,25)(H2,19,20,22,23). The molecule has 0 aliphatic rings. The molecular weight excluding hydrogens is 340 g/mol. The van der Waals surface area contributed by atoms with E-state index in [0.29, 0.717) is 29.6 Å². The highest BCUT2D eigenvalue weighted by Gasteiger charge is 2.04. The zero-order valence-corrected chi connectivity index (χ0v) is 15.4. The molecule has 0 saturated heterocycles. The number of aryl methyl sites for hydroxylation is 2. The first-order chi connectivity index (χ1) is 12.0. The average molecular weight is 363 g/mol. The van der Waals surface area contributed by atoms with Gasteiger partial charge in [-0.05, 0) is 38.5 Å². The second-order valence-corrected chi connectivity index (χ2v) is 5.89. The Kier molecular flexibility index (Phi) is 6.82. The molecule has 0 aliphatic heterocycles. The van der Waals surface area contributed by atoms with Crippen molar-refractivity contribution in [3.8, 4) is 0 Å². The van der Waals surface area contributed by atoms with E-state index < -0.39 is 0 Å². The predicted molar refractivity (Wildman–Crippen MR) is 103 cm³/mol. The molecular formula is C17H23ClN6O. The van der Waals surface area contributed by atoms with Crippen LogP contribution in [0.1, 0.15) is 18.3 Å². The molecule has 0 atom stereocenters. The van der Waals surface area contributed by atoms with Crippen molar-refractivity contribution in [1.29, 1.82) is 0 Å². The van der Waals surface area contributed by atoms with Gasteiger partial charge in [0, 0.05) is 36.4 Å². The monoisotopic (exact) mass is 362 g/mol. The maximum atomic E-state index is 11.9. The van der Waals surface area contributed by atoms with Gasteiger partial charge < -0.3 is 21.3 Å². The minimum atomic E-state index is -0.283. The Bertz CT molecular complexity index is 737. The fraction of sp³-hybridized carbons (Fsp3) is 0.353. The molecule has 0 unspecified atom stereocenters. The second-order valence-electron chi connectivity index (χ2n) is 5.49. The van der Waals surface area contributed by atoms with Gasteiger partial charge in [0.05, 0.1) is 0 Å². The number of urea groups is 1. The van der Waals surface area contributed by atoms with Gasteiger partial charge in [0.2, 0.25) is 0 Å². The third-order valence-electron chi connectivity index (χ3n) is 3.34. The number of anilines is 3. The molecule has 0 fully saturated rings. The smallest absolute Gasteiger partial charge is 0.319 e. The molecule has 0 bridgehead atoms. The molecule has 25 heavy (non-hydrogen) atoms. The first-order valence-corrected chi connectivity index (χ1v) is 8.50. The van der Waals surface area contributed by atoms with Crippen LogP contribution in [0, 0.1) is 13.8 Å². The quantitative estimate of drug-likeness (QED) is 0.566. The number of hydrogen-bond donors (Lipinski definition) is 4. The van der Waals surface area contributed by atoms with Gasteiger partial charge in [-0.25, -0.2) is 14.8 Å². The highest BCUT2D eigenvalue weighted by atomic mass is 35.5. The third-order valence-corrected chi connectivity index (χ3v) is 3.75. The summed E-state index contributed by atoms with van der Waals surface area (Å²) in [6, 6.07) is 6.95. The number of amides is 2. The molecule has 1 aromatic carbocycles. The van der Waals surface area contributed by atoms with Crippen molar-refractivity contribution in [3.63, 3.8) is 0 Å². The normalized spacial score (nSPS) is 10.2. The number of nitrogens with zero attached hydrogens (tertiary/aromatic N) is 2. The van der Waals surface area contributed by atoms with Gasteiger partial charge in [0.1, 0.15) is 17.5 Å². The number of benzene rings is 1. The molecule has 0 spiro atoms. The van der Waals surface area contributed by atoms with Gasteiger partial charge in [-0.1, -0.05) is 17.7 Å². The summed E-state index contributed by atoms with van der Waals surface area (Å²) in [6.07, 6.45) is 0. The first kappa shape index (κ1) is 18.8. The van der Waals surface area contributed by atoms with Crippen LogP contribution >= 0.6 is 11.6 Å². The summed E-state index contributed by atoms with van der Waals surface area (Å²) in [5.74, 6) is 2.18. The Labute approximate surface area is 152 Å². The lowest BCUT2D eigenvalue weighted by atomic mass is 10.2. The SMILES string of the molecule is CCNc1cc(NCCNC(=O)Nc2ccc(C)c(Cl)c2)nc(C)n1. The zero-order chi connectivity index (χ0) is 18.2. The van der Waals surface area contributed by atoms with E-state index in [2.05, 4.69) is 31.2 Å². The van der Waals surface area contributed by atoms with E-state index >= 15 is 0 Å². The average Bonchev–Trinajstić information content (AvgIpc) is 2.55. The zero-order valence-electron chi connectivity index (χ0n) is 14.6. The summed E-state index contributed by atoms with van der Waals surface area (Å²) in [5, 5.41) is 12.5. The van der Waals surface area contributed by atoms with Gasteiger partial charge in [-0.3, -0.25) is 0 Å². The van der Waals surface area contributed by atoms with Crippen LogP contribution in [0.2, 0.25) is 5.02 Å². The van der Waals surface area contributed by atoms with Crippen molar-refractivity contribution in [2.75, 3.05) is 35.6 Å². The highest BCUT2D eigenvalue weighted by Crippen LogP contribution is 2.19. The summed E-state index contributed by atoms with van der Waals surface area (Å²) >= 11 is 6.04. The summed E-state index contributed by atoms with van der Waals surface area (Å²) in [5.41, 5.74) is 1.62. The highest BCUT2D eigenvalue weighted by molar-refractivity contribution is 6.31. The van der Waals surface area contributed by atoms with E-state index in [1.807, 2.05) is 39.0 Å². The Morgan fingerprint density at radius 2 is 1.80 bits per heavy atom. The number of carbonyl (C=O) groups is 1. The number of carbonyl (C=O) groups excluding carboxylic acids is 1. The van der Waals surface area contributed by atoms with Crippen LogP contribution in [0.5, 0.6) is 0 Å². The Balaban J connectivity index is 1.77. The van der Waals surface area contributed by atoms with Crippen LogP contribution in [-0.4, -0.2) is 35.6 Å². The predicted octanol–water partition coefficient (Wildman–Crippen LogP) is 3.41. The van der Waals surface area contributed by atoms with Crippen LogP contribution in [-0.2, 0) is 0 Å². The lowest BCUT2D eigenvalue weighted by Gasteiger charge is -2.11. The van der Waals surface area contributed by atoms with Crippen molar-refractivity contribution in [2.45, 2.75) is 20.8 Å². The largest absolute Gasteiger partial charge is 0.370 e. The van der Waals surface area contributed by atoms with Crippen LogP contribution in [0.4, 0.5) is 22.1 Å². The molecule has 1 aromatic heterocycles. The molecule has 2 aromatic rings. The molecule has 1 heterocycles. The topological polar surface area (TPSA) is 91.0 Å². The Morgan fingerprint density at radius 3 is 2.48 bits per heavy atom. The van der Waals surface area contributed by atoms with Crippen LogP contribution in [0.25, 0.3) is 0 Å². The van der Waals surface area contributed by atoms with E-state index in [1.165, 1.54) is 0 Å². The number of halogens is 1. The van der Waals surface area contributed by atoms with Crippen LogP contribution in [0.3, 0.4) is 0 Å². The van der Waals surface area contributed by atoms with E-state index in [9.17, 15) is 4.79 Å². The fourth-order valence-corrected chi connectivity index (χ4v) is 2.32. The maximum Gasteiger partial charge on any atom is 0.319 e. The molecule has 0 aliphatic carbocycles. The molecule has 2 rings (SSSR count). The van der Waals surface area contributed by atoms with Crippen molar-refractivity contribution >= 4 is 35.0 Å². The molecule has 2 amide bonds. The number of aromatic nitrogens is 2. The minimum absolute atomic E-state index is 0.283. The summed E-state index contributed by atoms with van der Waals surface area (Å²) in [6.45, 7) is 7.54. The lowest BCUT2D eigenvalue weighted by Crippen LogP contribution is -2.32. The van der Waals surface area contributed by atoms with Crippen molar-refractivity contribution in [3.05, 3.63) is 40.7 Å². The summed E-state index contributed by atoms with van der Waals surface area (Å²) in [4.78, 5) is 20.5. The number of rotatable bonds is 7. The first-order valence-electron chi connectivity index (χ1n) is 8.12. The Hall–Kier alpha value is -2.54. The van der Waals surface area contributed by atoms with Gasteiger partial charge >= 0.3 is 6.03 Å². The lowest BCUT2D eigenvalue weighted by molar-refractivity contribution is 0.252. The molecule has 0 saturated carbocycles. The number of hydrogen-bond acceptors (Lipinski definition) is 5. The fourth-order valence-electron chi connectivity index (χ4n) is 2.14. The van der Waals surface area contributed by atoms with Crippen LogP contribution in [0.15, 0.2) is 24.3 Å². The second kappa shape index (κ2) is 9.08. The molecule has 134 valence electrons. The van der Waals surface area contributed by atoms with Crippen molar-refractivity contribution in [2.24, 2.45) is 0 Å². The molecule has 4 N–H and O–H groups in total. The van der Waals surface area contributed by atoms with E-state index in [0.717, 1.165) is 23.7 Å². The molecule has 0 radical (unpaired) electrons.